The van der Waals surface area contributed by atoms with Crippen molar-refractivity contribution < 1.29 is 18.0 Å². The van der Waals surface area contributed by atoms with E-state index in [9.17, 15) is 22.8 Å². The van der Waals surface area contributed by atoms with E-state index in [0.29, 0.717) is 22.2 Å². The first-order valence-electron chi connectivity index (χ1n) is 8.02. The van der Waals surface area contributed by atoms with Gasteiger partial charge < -0.3 is 5.32 Å². The van der Waals surface area contributed by atoms with Crippen molar-refractivity contribution in [2.75, 3.05) is 11.1 Å². The highest BCUT2D eigenvalue weighted by Crippen LogP contribution is 2.35. The van der Waals surface area contributed by atoms with Crippen LogP contribution in [0.4, 0.5) is 18.9 Å². The molecule has 0 unspecified atom stereocenters. The molecule has 1 aromatic heterocycles. The summed E-state index contributed by atoms with van der Waals surface area (Å²) in [6.07, 6.45) is -3.88. The molecule has 1 aliphatic heterocycles. The zero-order chi connectivity index (χ0) is 19.8. The van der Waals surface area contributed by atoms with Crippen molar-refractivity contribution in [1.29, 1.82) is 0 Å². The Morgan fingerprint density at radius 1 is 1.41 bits per heavy atom. The summed E-state index contributed by atoms with van der Waals surface area (Å²) >= 11 is 2.50. The Kier molecular flexibility index (Phi) is 5.57. The molecular weight excluding hydrogens is 399 g/mol. The van der Waals surface area contributed by atoms with Crippen molar-refractivity contribution in [2.24, 2.45) is 7.05 Å². The second-order valence-corrected chi connectivity index (χ2v) is 8.44. The standard InChI is InChI=1S/C17H16F3N3O2S2/c1-9-7-12-14(27-9)15(25)23(2)16(22-12)26-8-13(24)21-11-6-4-3-5-10(11)17(18,19)20/h3-6,9H,7-8H2,1-2H3,(H,21,24)/t9-/m0/s1. The van der Waals surface area contributed by atoms with E-state index in [1.54, 1.807) is 7.05 Å². The SMILES string of the molecule is C[C@H]1Cc2nc(SCC(=O)Nc3ccccc3C(F)(F)F)n(C)c(=O)c2S1. The predicted octanol–water partition coefficient (Wildman–Crippen LogP) is 3.57. The van der Waals surface area contributed by atoms with Crippen LogP contribution >= 0.6 is 23.5 Å². The highest BCUT2D eigenvalue weighted by molar-refractivity contribution is 8.00. The molecule has 1 atom stereocenters. The Morgan fingerprint density at radius 2 is 2.11 bits per heavy atom. The molecule has 5 nitrogen and oxygen atoms in total. The summed E-state index contributed by atoms with van der Waals surface area (Å²) in [6, 6.07) is 4.79. The summed E-state index contributed by atoms with van der Waals surface area (Å²) in [5, 5.41) is 2.92. The van der Waals surface area contributed by atoms with E-state index in [-0.39, 0.29) is 22.2 Å². The highest BCUT2D eigenvalue weighted by atomic mass is 32.2. The van der Waals surface area contributed by atoms with Crippen LogP contribution in [-0.4, -0.2) is 26.5 Å². The molecule has 0 saturated carbocycles. The Hall–Kier alpha value is -1.94. The van der Waals surface area contributed by atoms with Gasteiger partial charge in [0.15, 0.2) is 5.16 Å². The molecule has 0 spiro atoms. The van der Waals surface area contributed by atoms with Crippen molar-refractivity contribution in [1.82, 2.24) is 9.55 Å². The van der Waals surface area contributed by atoms with Crippen LogP contribution in [0.3, 0.4) is 0 Å². The second kappa shape index (κ2) is 7.59. The zero-order valence-electron chi connectivity index (χ0n) is 14.5. The average Bonchev–Trinajstić information content (AvgIpc) is 2.97. The quantitative estimate of drug-likeness (QED) is 0.611. The summed E-state index contributed by atoms with van der Waals surface area (Å²) < 4.78 is 40.4. The molecule has 1 N–H and O–H groups in total. The molecule has 0 fully saturated rings. The third-order valence-electron chi connectivity index (χ3n) is 3.92. The van der Waals surface area contributed by atoms with E-state index in [2.05, 4.69) is 10.3 Å². The lowest BCUT2D eigenvalue weighted by molar-refractivity contribution is -0.137. The van der Waals surface area contributed by atoms with Crippen LogP contribution in [0.1, 0.15) is 18.2 Å². The minimum Gasteiger partial charge on any atom is -0.325 e. The van der Waals surface area contributed by atoms with E-state index in [4.69, 9.17) is 0 Å². The van der Waals surface area contributed by atoms with Crippen molar-refractivity contribution in [3.63, 3.8) is 0 Å². The molecule has 1 aliphatic rings. The molecule has 0 bridgehead atoms. The van der Waals surface area contributed by atoms with Gasteiger partial charge in [-0.05, 0) is 12.1 Å². The van der Waals surface area contributed by atoms with Crippen LogP contribution in [-0.2, 0) is 24.4 Å². The van der Waals surface area contributed by atoms with Crippen molar-refractivity contribution >= 4 is 35.1 Å². The minimum atomic E-state index is -4.56. The van der Waals surface area contributed by atoms with Crippen LogP contribution in [0.15, 0.2) is 39.1 Å². The van der Waals surface area contributed by atoms with Gasteiger partial charge in [-0.1, -0.05) is 30.8 Å². The summed E-state index contributed by atoms with van der Waals surface area (Å²) in [5.41, 5.74) is -0.658. The number of halogens is 3. The van der Waals surface area contributed by atoms with Gasteiger partial charge in [0, 0.05) is 18.7 Å². The highest BCUT2D eigenvalue weighted by Gasteiger charge is 2.33. The first-order chi connectivity index (χ1) is 12.7. The molecule has 27 heavy (non-hydrogen) atoms. The third kappa shape index (κ3) is 4.32. The smallest absolute Gasteiger partial charge is 0.325 e. The zero-order valence-corrected chi connectivity index (χ0v) is 16.1. The van der Waals surface area contributed by atoms with Crippen molar-refractivity contribution in [3.05, 3.63) is 45.9 Å². The molecule has 0 saturated heterocycles. The number of para-hydroxylation sites is 1. The van der Waals surface area contributed by atoms with Gasteiger partial charge in [-0.15, -0.1) is 11.8 Å². The fraction of sp³-hybridized carbons (Fsp3) is 0.353. The molecule has 1 amide bonds. The molecule has 144 valence electrons. The van der Waals surface area contributed by atoms with Crippen LogP contribution in [0.5, 0.6) is 0 Å². The number of benzene rings is 1. The molecule has 2 aromatic rings. The summed E-state index contributed by atoms with van der Waals surface area (Å²) in [5.74, 6) is -0.761. The largest absolute Gasteiger partial charge is 0.418 e. The van der Waals surface area contributed by atoms with Crippen LogP contribution in [0.25, 0.3) is 0 Å². The minimum absolute atomic E-state index is 0.159. The van der Waals surface area contributed by atoms with Crippen molar-refractivity contribution in [2.45, 2.75) is 34.8 Å². The first kappa shape index (κ1) is 19.8. The molecular formula is C17H16F3N3O2S2. The van der Waals surface area contributed by atoms with Gasteiger partial charge in [0.2, 0.25) is 5.91 Å². The van der Waals surface area contributed by atoms with E-state index >= 15 is 0 Å². The molecule has 0 radical (unpaired) electrons. The Labute approximate surface area is 161 Å². The number of rotatable bonds is 4. The summed E-state index contributed by atoms with van der Waals surface area (Å²) in [4.78, 5) is 29.6. The summed E-state index contributed by atoms with van der Waals surface area (Å²) in [6.45, 7) is 2.00. The molecule has 0 aliphatic carbocycles. The summed E-state index contributed by atoms with van der Waals surface area (Å²) in [7, 11) is 1.57. The number of carbonyl (C=O) groups is 1. The monoisotopic (exact) mass is 415 g/mol. The van der Waals surface area contributed by atoms with E-state index in [1.807, 2.05) is 6.92 Å². The number of fused-ring (bicyclic) bond motifs is 1. The van der Waals surface area contributed by atoms with Gasteiger partial charge in [0.05, 0.1) is 27.6 Å². The Morgan fingerprint density at radius 3 is 2.81 bits per heavy atom. The number of carbonyl (C=O) groups excluding carboxylic acids is 1. The number of nitrogens with zero attached hydrogens (tertiary/aromatic N) is 2. The Bertz CT molecular complexity index is 944. The number of thioether (sulfide) groups is 2. The predicted molar refractivity (Wildman–Crippen MR) is 99.3 cm³/mol. The lowest BCUT2D eigenvalue weighted by Gasteiger charge is -2.13. The number of nitrogens with one attached hydrogen (secondary N) is 1. The van der Waals surface area contributed by atoms with Gasteiger partial charge in [0.25, 0.3) is 5.56 Å². The van der Waals surface area contributed by atoms with Crippen molar-refractivity contribution in [3.8, 4) is 0 Å². The molecule has 2 heterocycles. The van der Waals surface area contributed by atoms with Gasteiger partial charge in [-0.25, -0.2) is 4.98 Å². The van der Waals surface area contributed by atoms with E-state index < -0.39 is 17.6 Å². The Balaban J connectivity index is 1.72. The lowest BCUT2D eigenvalue weighted by atomic mass is 10.1. The van der Waals surface area contributed by atoms with Gasteiger partial charge in [0.1, 0.15) is 0 Å². The fourth-order valence-electron chi connectivity index (χ4n) is 2.66. The number of aromatic nitrogens is 2. The normalized spacial score (nSPS) is 16.3. The molecule has 3 rings (SSSR count). The van der Waals surface area contributed by atoms with Crippen LogP contribution < -0.4 is 10.9 Å². The average molecular weight is 415 g/mol. The van der Waals surface area contributed by atoms with E-state index in [1.165, 1.54) is 34.5 Å². The van der Waals surface area contributed by atoms with Gasteiger partial charge in [-0.3, -0.25) is 14.2 Å². The molecule has 1 aromatic carbocycles. The maximum absolute atomic E-state index is 13.0. The second-order valence-electron chi connectivity index (χ2n) is 6.05. The van der Waals surface area contributed by atoms with Gasteiger partial charge in [-0.2, -0.15) is 13.2 Å². The number of hydrogen-bond donors (Lipinski definition) is 1. The maximum Gasteiger partial charge on any atom is 0.418 e. The number of amides is 1. The maximum atomic E-state index is 13.0. The first-order valence-corrected chi connectivity index (χ1v) is 9.88. The number of alkyl halides is 3. The lowest BCUT2D eigenvalue weighted by Crippen LogP contribution is -2.23. The van der Waals surface area contributed by atoms with Crippen LogP contribution in [0, 0.1) is 0 Å². The molecule has 10 heteroatoms. The van der Waals surface area contributed by atoms with Gasteiger partial charge >= 0.3 is 6.18 Å². The fourth-order valence-corrected chi connectivity index (χ4v) is 4.59. The number of hydrogen-bond acceptors (Lipinski definition) is 5. The number of anilines is 1. The van der Waals surface area contributed by atoms with Crippen LogP contribution in [0.2, 0.25) is 0 Å². The topological polar surface area (TPSA) is 64.0 Å². The van der Waals surface area contributed by atoms with E-state index in [0.717, 1.165) is 17.8 Å². The third-order valence-corrected chi connectivity index (χ3v) is 6.16.